The van der Waals surface area contributed by atoms with Gasteiger partial charge >= 0.3 is 5.97 Å². The molecular weight excluding hydrogens is 360 g/mol. The van der Waals surface area contributed by atoms with Crippen LogP contribution in [-0.2, 0) is 0 Å². The second-order valence-electron chi connectivity index (χ2n) is 4.19. The number of halogens is 2. The van der Waals surface area contributed by atoms with E-state index in [9.17, 15) is 9.59 Å². The lowest BCUT2D eigenvalue weighted by atomic mass is 10.1. The topological polar surface area (TPSA) is 92.4 Å². The van der Waals surface area contributed by atoms with Crippen LogP contribution in [0.1, 0.15) is 20.7 Å². The smallest absolute Gasteiger partial charge is 0.335 e. The SMILES string of the molecule is Nc1ccc(C(=O)Nc2cc(C(=O)O)ccc2Cl)cc1Br. The molecule has 0 spiro atoms. The zero-order valence-electron chi connectivity index (χ0n) is 10.6. The first kappa shape index (κ1) is 15.3. The van der Waals surface area contributed by atoms with Gasteiger partial charge in [0.1, 0.15) is 0 Å². The lowest BCUT2D eigenvalue weighted by molar-refractivity contribution is 0.0696. The van der Waals surface area contributed by atoms with Crippen LogP contribution in [-0.4, -0.2) is 17.0 Å². The largest absolute Gasteiger partial charge is 0.478 e. The molecular formula is C14H10BrClN2O3. The first-order chi connectivity index (χ1) is 9.88. The van der Waals surface area contributed by atoms with E-state index < -0.39 is 11.9 Å². The van der Waals surface area contributed by atoms with Crippen molar-refractivity contribution >= 4 is 50.8 Å². The minimum atomic E-state index is -1.10. The van der Waals surface area contributed by atoms with Crippen molar-refractivity contribution < 1.29 is 14.7 Å². The van der Waals surface area contributed by atoms with Gasteiger partial charge in [0.15, 0.2) is 0 Å². The third-order valence-electron chi connectivity index (χ3n) is 2.72. The molecule has 0 aliphatic heterocycles. The highest BCUT2D eigenvalue weighted by Crippen LogP contribution is 2.25. The highest BCUT2D eigenvalue weighted by Gasteiger charge is 2.12. The number of carboxylic acid groups (broad SMARTS) is 1. The van der Waals surface area contributed by atoms with Crippen LogP contribution in [0.25, 0.3) is 0 Å². The van der Waals surface area contributed by atoms with E-state index in [2.05, 4.69) is 21.2 Å². The summed E-state index contributed by atoms with van der Waals surface area (Å²) in [4.78, 5) is 23.1. The molecule has 108 valence electrons. The standard InChI is InChI=1S/C14H10BrClN2O3/c15-9-5-7(2-4-11(9)17)13(19)18-12-6-8(14(20)21)1-3-10(12)16/h1-6H,17H2,(H,18,19)(H,20,21). The summed E-state index contributed by atoms with van der Waals surface area (Å²) in [6, 6.07) is 8.80. The second-order valence-corrected chi connectivity index (χ2v) is 5.45. The van der Waals surface area contributed by atoms with Crippen LogP contribution in [0.4, 0.5) is 11.4 Å². The summed E-state index contributed by atoms with van der Waals surface area (Å²) in [7, 11) is 0. The molecule has 0 aliphatic carbocycles. The number of amides is 1. The molecule has 0 saturated carbocycles. The number of carbonyl (C=O) groups is 2. The van der Waals surface area contributed by atoms with E-state index >= 15 is 0 Å². The van der Waals surface area contributed by atoms with Gasteiger partial charge in [0.25, 0.3) is 5.91 Å². The number of carbonyl (C=O) groups excluding carboxylic acids is 1. The first-order valence-electron chi connectivity index (χ1n) is 5.77. The van der Waals surface area contributed by atoms with Crippen molar-refractivity contribution in [2.75, 3.05) is 11.1 Å². The van der Waals surface area contributed by atoms with Gasteiger partial charge in [-0.05, 0) is 52.3 Å². The quantitative estimate of drug-likeness (QED) is 0.720. The van der Waals surface area contributed by atoms with Crippen LogP contribution < -0.4 is 11.1 Å². The average Bonchev–Trinajstić information content (AvgIpc) is 2.43. The highest BCUT2D eigenvalue weighted by atomic mass is 79.9. The normalized spacial score (nSPS) is 10.2. The van der Waals surface area contributed by atoms with Crippen molar-refractivity contribution in [3.63, 3.8) is 0 Å². The van der Waals surface area contributed by atoms with Gasteiger partial charge in [-0.15, -0.1) is 0 Å². The van der Waals surface area contributed by atoms with Crippen molar-refractivity contribution in [3.8, 4) is 0 Å². The lowest BCUT2D eigenvalue weighted by Gasteiger charge is -2.09. The van der Waals surface area contributed by atoms with Crippen molar-refractivity contribution in [1.29, 1.82) is 0 Å². The minimum Gasteiger partial charge on any atom is -0.478 e. The summed E-state index contributed by atoms with van der Waals surface area (Å²) in [5.41, 5.74) is 6.80. The van der Waals surface area contributed by atoms with Gasteiger partial charge in [0, 0.05) is 15.7 Å². The molecule has 0 aromatic heterocycles. The van der Waals surface area contributed by atoms with Crippen molar-refractivity contribution in [1.82, 2.24) is 0 Å². The second kappa shape index (κ2) is 6.15. The Kier molecular flexibility index (Phi) is 4.50. The molecule has 2 aromatic carbocycles. The van der Waals surface area contributed by atoms with E-state index in [-0.39, 0.29) is 16.3 Å². The Balaban J connectivity index is 2.28. The molecule has 5 nitrogen and oxygen atoms in total. The van der Waals surface area contributed by atoms with Crippen LogP contribution in [0, 0.1) is 0 Å². The van der Waals surface area contributed by atoms with Crippen LogP contribution in [0.3, 0.4) is 0 Å². The number of rotatable bonds is 3. The lowest BCUT2D eigenvalue weighted by Crippen LogP contribution is -2.13. The Bertz CT molecular complexity index is 734. The number of benzene rings is 2. The molecule has 0 heterocycles. The van der Waals surface area contributed by atoms with E-state index in [1.54, 1.807) is 18.2 Å². The molecule has 4 N–H and O–H groups in total. The van der Waals surface area contributed by atoms with E-state index in [0.29, 0.717) is 15.7 Å². The van der Waals surface area contributed by atoms with Crippen LogP contribution >= 0.6 is 27.5 Å². The molecule has 0 fully saturated rings. The maximum Gasteiger partial charge on any atom is 0.335 e. The van der Waals surface area contributed by atoms with E-state index in [1.807, 2.05) is 0 Å². The number of hydrogen-bond acceptors (Lipinski definition) is 3. The molecule has 7 heteroatoms. The fourth-order valence-electron chi connectivity index (χ4n) is 1.62. The molecule has 2 aromatic rings. The molecule has 0 saturated heterocycles. The first-order valence-corrected chi connectivity index (χ1v) is 6.95. The fourth-order valence-corrected chi connectivity index (χ4v) is 2.16. The molecule has 1 amide bonds. The number of hydrogen-bond donors (Lipinski definition) is 3. The molecule has 21 heavy (non-hydrogen) atoms. The zero-order valence-corrected chi connectivity index (χ0v) is 12.9. The van der Waals surface area contributed by atoms with Crippen molar-refractivity contribution in [2.24, 2.45) is 0 Å². The minimum absolute atomic E-state index is 0.0354. The Labute approximate surface area is 133 Å². The summed E-state index contributed by atoms with van der Waals surface area (Å²) in [5, 5.41) is 11.8. The Morgan fingerprint density at radius 3 is 2.43 bits per heavy atom. The molecule has 0 radical (unpaired) electrons. The van der Waals surface area contributed by atoms with Crippen LogP contribution in [0.2, 0.25) is 5.02 Å². The fraction of sp³-hybridized carbons (Fsp3) is 0. The third-order valence-corrected chi connectivity index (χ3v) is 3.74. The molecule has 0 atom stereocenters. The summed E-state index contributed by atoms with van der Waals surface area (Å²) in [6.45, 7) is 0. The van der Waals surface area contributed by atoms with Gasteiger partial charge in [-0.25, -0.2) is 4.79 Å². The van der Waals surface area contributed by atoms with E-state index in [0.717, 1.165) is 0 Å². The van der Waals surface area contributed by atoms with Crippen LogP contribution in [0.5, 0.6) is 0 Å². The van der Waals surface area contributed by atoms with E-state index in [1.165, 1.54) is 18.2 Å². The Hall–Kier alpha value is -2.05. The molecule has 2 rings (SSSR count). The summed E-state index contributed by atoms with van der Waals surface area (Å²) in [5.74, 6) is -1.52. The van der Waals surface area contributed by atoms with Crippen molar-refractivity contribution in [2.45, 2.75) is 0 Å². The van der Waals surface area contributed by atoms with Gasteiger partial charge in [0.2, 0.25) is 0 Å². The predicted molar refractivity (Wildman–Crippen MR) is 84.9 cm³/mol. The molecule has 0 unspecified atom stereocenters. The van der Waals surface area contributed by atoms with E-state index in [4.69, 9.17) is 22.4 Å². The summed E-state index contributed by atoms with van der Waals surface area (Å²) in [6.07, 6.45) is 0. The van der Waals surface area contributed by atoms with Crippen LogP contribution in [0.15, 0.2) is 40.9 Å². The number of nitrogen functional groups attached to an aromatic ring is 1. The number of carboxylic acids is 1. The summed E-state index contributed by atoms with van der Waals surface area (Å²) >= 11 is 9.19. The van der Waals surface area contributed by atoms with Gasteiger partial charge in [-0.2, -0.15) is 0 Å². The highest BCUT2D eigenvalue weighted by molar-refractivity contribution is 9.10. The number of anilines is 2. The van der Waals surface area contributed by atoms with Gasteiger partial charge < -0.3 is 16.2 Å². The van der Waals surface area contributed by atoms with Gasteiger partial charge in [-0.1, -0.05) is 11.6 Å². The van der Waals surface area contributed by atoms with Gasteiger partial charge in [0.05, 0.1) is 16.3 Å². The number of aromatic carboxylic acids is 1. The summed E-state index contributed by atoms with van der Waals surface area (Å²) < 4.78 is 0.598. The average molecular weight is 370 g/mol. The maximum atomic E-state index is 12.1. The molecule has 0 aliphatic rings. The predicted octanol–water partition coefficient (Wildman–Crippen LogP) is 3.64. The zero-order chi connectivity index (χ0) is 15.6. The number of nitrogens with one attached hydrogen (secondary N) is 1. The van der Waals surface area contributed by atoms with Gasteiger partial charge in [-0.3, -0.25) is 4.79 Å². The number of nitrogens with two attached hydrogens (primary N) is 1. The third kappa shape index (κ3) is 3.53. The molecule has 0 bridgehead atoms. The van der Waals surface area contributed by atoms with Crippen molar-refractivity contribution in [3.05, 3.63) is 57.0 Å². The monoisotopic (exact) mass is 368 g/mol. The Morgan fingerprint density at radius 1 is 1.14 bits per heavy atom. The Morgan fingerprint density at radius 2 is 1.81 bits per heavy atom. The maximum absolute atomic E-state index is 12.1.